The smallest absolute Gasteiger partial charge is 0.333 e. The molecule has 2 fully saturated rings. The molecule has 33 heavy (non-hydrogen) atoms. The summed E-state index contributed by atoms with van der Waals surface area (Å²) in [4.78, 5) is 44.3. The van der Waals surface area contributed by atoms with E-state index in [4.69, 9.17) is 11.3 Å². The molecule has 0 spiro atoms. The van der Waals surface area contributed by atoms with Crippen LogP contribution in [0, 0.1) is 6.57 Å². The SMILES string of the molecule is [C-]#[N+][C@H]1C(=O)N2[C@@H]1SC(C)(C)[C@]2(CCC(=O)Cc1ccccc1)C(=O)OCc1ccccc1. The zero-order valence-corrected chi connectivity index (χ0v) is 19.5. The first kappa shape index (κ1) is 23.1. The highest BCUT2D eigenvalue weighted by atomic mass is 32.2. The van der Waals surface area contributed by atoms with Crippen molar-refractivity contribution in [3.8, 4) is 0 Å². The standard InChI is InChI=1S/C26H26N2O4S/c1-25(2)26(28-22(30)21(27-3)23(28)33-25,24(31)32-17-19-12-8-5-9-13-19)15-14-20(29)16-18-10-6-4-7-11-18/h4-13,21,23H,14-17H2,1-2H3/t21-,23+,26-/m0/s1. The number of carbonyl (C=O) groups is 3. The number of fused-ring (bicyclic) bond motifs is 1. The Bertz CT molecular complexity index is 1100. The molecule has 2 aromatic carbocycles. The largest absolute Gasteiger partial charge is 0.459 e. The van der Waals surface area contributed by atoms with Crippen LogP contribution in [-0.4, -0.2) is 44.3 Å². The molecule has 2 aliphatic rings. The molecule has 0 bridgehead atoms. The fourth-order valence-corrected chi connectivity index (χ4v) is 6.50. The van der Waals surface area contributed by atoms with Crippen LogP contribution in [0.3, 0.4) is 0 Å². The van der Waals surface area contributed by atoms with E-state index in [0.717, 1.165) is 11.1 Å². The van der Waals surface area contributed by atoms with Crippen molar-refractivity contribution in [1.82, 2.24) is 4.90 Å². The van der Waals surface area contributed by atoms with Crippen LogP contribution < -0.4 is 0 Å². The molecule has 6 nitrogen and oxygen atoms in total. The van der Waals surface area contributed by atoms with E-state index < -0.39 is 27.7 Å². The molecular formula is C26H26N2O4S. The number of Topliss-reactive ketones (excluding diaryl/α,β-unsaturated/α-hetero) is 1. The number of β-lactam (4-membered cyclic amide) rings is 1. The van der Waals surface area contributed by atoms with Gasteiger partial charge in [0.1, 0.15) is 12.4 Å². The minimum atomic E-state index is -1.30. The molecule has 2 heterocycles. The van der Waals surface area contributed by atoms with Gasteiger partial charge in [-0.05, 0) is 31.4 Å². The van der Waals surface area contributed by atoms with Gasteiger partial charge in [-0.1, -0.05) is 60.7 Å². The van der Waals surface area contributed by atoms with Gasteiger partial charge in [-0.3, -0.25) is 19.3 Å². The number of ketones is 1. The molecule has 0 N–H and O–H groups in total. The van der Waals surface area contributed by atoms with E-state index in [9.17, 15) is 14.4 Å². The van der Waals surface area contributed by atoms with Crippen LogP contribution in [0.1, 0.15) is 37.8 Å². The predicted octanol–water partition coefficient (Wildman–Crippen LogP) is 4.04. The van der Waals surface area contributed by atoms with Crippen molar-refractivity contribution in [2.24, 2.45) is 0 Å². The Kier molecular flexibility index (Phi) is 6.31. The molecule has 0 unspecified atom stereocenters. The van der Waals surface area contributed by atoms with Crippen molar-refractivity contribution in [1.29, 1.82) is 0 Å². The van der Waals surface area contributed by atoms with E-state index in [1.807, 2.05) is 74.5 Å². The van der Waals surface area contributed by atoms with Gasteiger partial charge in [-0.15, -0.1) is 11.8 Å². The van der Waals surface area contributed by atoms with Crippen LogP contribution in [-0.2, 0) is 32.1 Å². The van der Waals surface area contributed by atoms with Crippen molar-refractivity contribution in [3.63, 3.8) is 0 Å². The lowest BCUT2D eigenvalue weighted by Crippen LogP contribution is -2.72. The second kappa shape index (κ2) is 9.03. The molecule has 170 valence electrons. The Morgan fingerprint density at radius 3 is 2.27 bits per heavy atom. The molecule has 1 amide bonds. The Balaban J connectivity index is 1.58. The summed E-state index contributed by atoms with van der Waals surface area (Å²) in [5.41, 5.74) is 0.450. The number of thioether (sulfide) groups is 1. The highest BCUT2D eigenvalue weighted by Crippen LogP contribution is 2.59. The van der Waals surface area contributed by atoms with Gasteiger partial charge < -0.3 is 4.74 Å². The minimum Gasteiger partial charge on any atom is -0.459 e. The van der Waals surface area contributed by atoms with E-state index >= 15 is 0 Å². The molecule has 2 aromatic rings. The highest BCUT2D eigenvalue weighted by Gasteiger charge is 2.75. The number of carbonyl (C=O) groups excluding carboxylic acids is 3. The van der Waals surface area contributed by atoms with Crippen LogP contribution in [0.5, 0.6) is 0 Å². The van der Waals surface area contributed by atoms with Gasteiger partial charge in [0.25, 0.3) is 0 Å². The van der Waals surface area contributed by atoms with Crippen LogP contribution >= 0.6 is 11.8 Å². The number of hydrogen-bond acceptors (Lipinski definition) is 5. The van der Waals surface area contributed by atoms with Crippen LogP contribution in [0.2, 0.25) is 0 Å². The van der Waals surface area contributed by atoms with E-state index in [2.05, 4.69) is 4.85 Å². The third-order valence-electron chi connectivity index (χ3n) is 6.54. The molecule has 7 heteroatoms. The number of nitrogens with zero attached hydrogens (tertiary/aromatic N) is 2. The van der Waals surface area contributed by atoms with Gasteiger partial charge in [-0.25, -0.2) is 11.4 Å². The van der Waals surface area contributed by atoms with Crippen LogP contribution in [0.15, 0.2) is 60.7 Å². The lowest BCUT2D eigenvalue weighted by atomic mass is 9.76. The number of rotatable bonds is 8. The summed E-state index contributed by atoms with van der Waals surface area (Å²) in [7, 11) is 0. The zero-order valence-electron chi connectivity index (χ0n) is 18.7. The van der Waals surface area contributed by atoms with Crippen molar-refractivity contribution < 1.29 is 19.1 Å². The Labute approximate surface area is 198 Å². The molecular weight excluding hydrogens is 436 g/mol. The predicted molar refractivity (Wildman–Crippen MR) is 126 cm³/mol. The fourth-order valence-electron chi connectivity index (χ4n) is 4.72. The summed E-state index contributed by atoms with van der Waals surface area (Å²) in [5, 5.41) is -0.404. The average Bonchev–Trinajstić information content (AvgIpc) is 3.02. The summed E-state index contributed by atoms with van der Waals surface area (Å²) in [6.45, 7) is 11.3. The second-order valence-corrected chi connectivity index (χ2v) is 10.7. The lowest BCUT2D eigenvalue weighted by molar-refractivity contribution is -0.175. The number of amides is 1. The van der Waals surface area contributed by atoms with E-state index in [1.165, 1.54) is 16.7 Å². The van der Waals surface area contributed by atoms with Gasteiger partial charge in [0.05, 0.1) is 0 Å². The average molecular weight is 463 g/mol. The quantitative estimate of drug-likeness (QED) is 0.336. The van der Waals surface area contributed by atoms with Gasteiger partial charge in [0.15, 0.2) is 10.9 Å². The van der Waals surface area contributed by atoms with E-state index in [-0.39, 0.29) is 37.6 Å². The highest BCUT2D eigenvalue weighted by molar-refractivity contribution is 8.01. The molecule has 3 atom stereocenters. The topological polar surface area (TPSA) is 68.0 Å². The number of benzene rings is 2. The molecule has 4 rings (SSSR count). The summed E-state index contributed by atoms with van der Waals surface area (Å²) in [5.74, 6) is -0.883. The third-order valence-corrected chi connectivity index (χ3v) is 8.17. The van der Waals surface area contributed by atoms with Gasteiger partial charge >= 0.3 is 17.9 Å². The molecule has 0 aliphatic carbocycles. The third kappa shape index (κ3) is 4.04. The normalized spacial score (nSPS) is 25.0. The van der Waals surface area contributed by atoms with Gasteiger partial charge in [0, 0.05) is 17.6 Å². The van der Waals surface area contributed by atoms with E-state index in [0.29, 0.717) is 0 Å². The summed E-state index contributed by atoms with van der Waals surface area (Å²) < 4.78 is 5.02. The van der Waals surface area contributed by atoms with E-state index in [1.54, 1.807) is 0 Å². The number of hydrogen-bond donors (Lipinski definition) is 0. The Hall–Kier alpha value is -3.11. The molecule has 2 aliphatic heterocycles. The first-order valence-electron chi connectivity index (χ1n) is 10.9. The molecule has 0 aromatic heterocycles. The van der Waals surface area contributed by atoms with Crippen LogP contribution in [0.25, 0.3) is 4.85 Å². The second-order valence-electron chi connectivity index (χ2n) is 8.92. The molecule has 0 saturated carbocycles. The first-order valence-corrected chi connectivity index (χ1v) is 11.8. The maximum atomic E-state index is 13.6. The fraction of sp³-hybridized carbons (Fsp3) is 0.385. The minimum absolute atomic E-state index is 0.00427. The van der Waals surface area contributed by atoms with Gasteiger partial charge in [0.2, 0.25) is 0 Å². The summed E-state index contributed by atoms with van der Waals surface area (Å²) in [6.07, 6.45) is 0.573. The van der Waals surface area contributed by atoms with Crippen molar-refractivity contribution >= 4 is 29.4 Å². The van der Waals surface area contributed by atoms with Crippen LogP contribution in [0.4, 0.5) is 0 Å². The number of esters is 1. The maximum absolute atomic E-state index is 13.6. The molecule has 2 saturated heterocycles. The molecule has 0 radical (unpaired) electrons. The van der Waals surface area contributed by atoms with Gasteiger partial charge in [-0.2, -0.15) is 0 Å². The monoisotopic (exact) mass is 462 g/mol. The Morgan fingerprint density at radius 1 is 1.06 bits per heavy atom. The zero-order chi connectivity index (χ0) is 23.6. The first-order chi connectivity index (χ1) is 15.8. The Morgan fingerprint density at radius 2 is 1.67 bits per heavy atom. The van der Waals surface area contributed by atoms with Crippen molar-refractivity contribution in [2.45, 2.75) is 61.4 Å². The summed E-state index contributed by atoms with van der Waals surface area (Å²) in [6, 6.07) is 18.0. The van der Waals surface area contributed by atoms with Crippen molar-refractivity contribution in [3.05, 3.63) is 83.2 Å². The lowest BCUT2D eigenvalue weighted by Gasteiger charge is -2.47. The summed E-state index contributed by atoms with van der Waals surface area (Å²) >= 11 is 1.45. The maximum Gasteiger partial charge on any atom is 0.333 e. The van der Waals surface area contributed by atoms with Crippen molar-refractivity contribution in [2.75, 3.05) is 0 Å². The number of ether oxygens (including phenoxy) is 1.